The van der Waals surface area contributed by atoms with Gasteiger partial charge in [0.15, 0.2) is 0 Å². The predicted octanol–water partition coefficient (Wildman–Crippen LogP) is 4.89. The highest BCUT2D eigenvalue weighted by molar-refractivity contribution is 7.89. The summed E-state index contributed by atoms with van der Waals surface area (Å²) >= 11 is 0. The Labute approximate surface area is 188 Å². The Morgan fingerprint density at radius 1 is 0.839 bits per heavy atom. The van der Waals surface area contributed by atoms with Crippen LogP contribution in [0, 0.1) is 12.8 Å². The maximum absolute atomic E-state index is 13.9. The molecular formula is C25H38N2O3S. The zero-order chi connectivity index (χ0) is 21.8. The zero-order valence-corrected chi connectivity index (χ0v) is 19.8. The fraction of sp³-hybridized carbons (Fsp3) is 0.720. The summed E-state index contributed by atoms with van der Waals surface area (Å²) in [6, 6.07) is 7.77. The SMILES string of the molecule is Cc1ccc(S(=O)(=O)N2CCCC(C(=O)N(C3CCCCC3)C3CCCCC3)C2)cc1. The average Bonchev–Trinajstić information content (AvgIpc) is 2.81. The van der Waals surface area contributed by atoms with E-state index in [0.29, 0.717) is 30.1 Å². The monoisotopic (exact) mass is 446 g/mol. The number of carbonyl (C=O) groups excluding carboxylic acids is 1. The van der Waals surface area contributed by atoms with Crippen LogP contribution in [0.25, 0.3) is 0 Å². The molecule has 0 radical (unpaired) electrons. The molecule has 1 aromatic carbocycles. The largest absolute Gasteiger partial charge is 0.336 e. The molecule has 1 aromatic rings. The van der Waals surface area contributed by atoms with Crippen molar-refractivity contribution in [3.05, 3.63) is 29.8 Å². The van der Waals surface area contributed by atoms with Crippen molar-refractivity contribution in [3.63, 3.8) is 0 Å². The van der Waals surface area contributed by atoms with Crippen molar-refractivity contribution in [1.82, 2.24) is 9.21 Å². The minimum Gasteiger partial charge on any atom is -0.336 e. The van der Waals surface area contributed by atoms with Gasteiger partial charge in [0.05, 0.1) is 10.8 Å². The number of hydrogen-bond donors (Lipinski definition) is 0. The van der Waals surface area contributed by atoms with E-state index >= 15 is 0 Å². The van der Waals surface area contributed by atoms with Crippen LogP contribution in [0.15, 0.2) is 29.2 Å². The van der Waals surface area contributed by atoms with Crippen molar-refractivity contribution in [1.29, 1.82) is 0 Å². The second-order valence-electron chi connectivity index (χ2n) is 9.84. The molecule has 31 heavy (non-hydrogen) atoms. The molecule has 1 aliphatic heterocycles. The number of amides is 1. The molecular weight excluding hydrogens is 408 g/mol. The molecule has 1 atom stereocenters. The molecule has 172 valence electrons. The van der Waals surface area contributed by atoms with E-state index in [1.807, 2.05) is 19.1 Å². The molecule has 3 fully saturated rings. The van der Waals surface area contributed by atoms with Crippen molar-refractivity contribution in [2.75, 3.05) is 13.1 Å². The number of aryl methyl sites for hydroxylation is 1. The molecule has 1 amide bonds. The summed E-state index contributed by atoms with van der Waals surface area (Å²) in [7, 11) is -3.56. The van der Waals surface area contributed by atoms with Gasteiger partial charge in [-0.2, -0.15) is 4.31 Å². The van der Waals surface area contributed by atoms with Crippen LogP contribution in [0.3, 0.4) is 0 Å². The normalized spacial score (nSPS) is 24.7. The maximum Gasteiger partial charge on any atom is 0.243 e. The number of rotatable bonds is 5. The van der Waals surface area contributed by atoms with Gasteiger partial charge in [0.25, 0.3) is 0 Å². The molecule has 4 rings (SSSR count). The Hall–Kier alpha value is -1.40. The quantitative estimate of drug-likeness (QED) is 0.647. The van der Waals surface area contributed by atoms with Gasteiger partial charge in [0.2, 0.25) is 15.9 Å². The van der Waals surface area contributed by atoms with Crippen molar-refractivity contribution >= 4 is 15.9 Å². The van der Waals surface area contributed by atoms with Crippen molar-refractivity contribution in [2.45, 2.75) is 101 Å². The first-order chi connectivity index (χ1) is 15.0. The van der Waals surface area contributed by atoms with Gasteiger partial charge in [-0.3, -0.25) is 4.79 Å². The second kappa shape index (κ2) is 10.0. The Morgan fingerprint density at radius 3 is 1.94 bits per heavy atom. The molecule has 6 heteroatoms. The summed E-state index contributed by atoms with van der Waals surface area (Å²) < 4.78 is 28.0. The van der Waals surface area contributed by atoms with Gasteiger partial charge < -0.3 is 4.90 Å². The minimum absolute atomic E-state index is 0.210. The minimum atomic E-state index is -3.56. The third-order valence-electron chi connectivity index (χ3n) is 7.58. The van der Waals surface area contributed by atoms with Gasteiger partial charge in [-0.25, -0.2) is 8.42 Å². The lowest BCUT2D eigenvalue weighted by molar-refractivity contribution is -0.143. The highest BCUT2D eigenvalue weighted by Crippen LogP contribution is 2.33. The van der Waals surface area contributed by atoms with Gasteiger partial charge in [-0.15, -0.1) is 0 Å². The Morgan fingerprint density at radius 2 is 1.39 bits per heavy atom. The van der Waals surface area contributed by atoms with Crippen LogP contribution in [0.5, 0.6) is 0 Å². The molecule has 5 nitrogen and oxygen atoms in total. The molecule has 0 N–H and O–H groups in total. The molecule has 3 aliphatic rings. The third-order valence-corrected chi connectivity index (χ3v) is 9.46. The third kappa shape index (κ3) is 5.16. The summed E-state index contributed by atoms with van der Waals surface area (Å²) in [4.78, 5) is 16.4. The Bertz CT molecular complexity index is 822. The van der Waals surface area contributed by atoms with Gasteiger partial charge in [0, 0.05) is 25.2 Å². The smallest absolute Gasteiger partial charge is 0.243 e. The molecule has 2 aliphatic carbocycles. The lowest BCUT2D eigenvalue weighted by Gasteiger charge is -2.44. The van der Waals surface area contributed by atoms with Crippen molar-refractivity contribution in [2.24, 2.45) is 5.92 Å². The van der Waals surface area contributed by atoms with Gasteiger partial charge >= 0.3 is 0 Å². The van der Waals surface area contributed by atoms with Crippen LogP contribution in [0.2, 0.25) is 0 Å². The standard InChI is InChI=1S/C25H38N2O3S/c1-20-14-16-24(17-15-20)31(29,30)26-18-8-9-21(19-26)25(28)27(22-10-4-2-5-11-22)23-12-6-3-7-13-23/h14-17,21-23H,2-13,18-19H2,1H3. The first-order valence-corrected chi connectivity index (χ1v) is 13.8. The molecule has 1 saturated heterocycles. The highest BCUT2D eigenvalue weighted by atomic mass is 32.2. The van der Waals surface area contributed by atoms with Crippen molar-refractivity contribution < 1.29 is 13.2 Å². The molecule has 0 bridgehead atoms. The van der Waals surface area contributed by atoms with Crippen LogP contribution in [-0.4, -0.2) is 48.7 Å². The van der Waals surface area contributed by atoms with E-state index in [1.165, 1.54) is 38.5 Å². The van der Waals surface area contributed by atoms with E-state index in [-0.39, 0.29) is 11.8 Å². The maximum atomic E-state index is 13.9. The van der Waals surface area contributed by atoms with Crippen molar-refractivity contribution in [3.8, 4) is 0 Å². The number of carbonyl (C=O) groups is 1. The van der Waals surface area contributed by atoms with Gasteiger partial charge in [-0.05, 0) is 57.6 Å². The van der Waals surface area contributed by atoms with Gasteiger partial charge in [-0.1, -0.05) is 56.2 Å². The Balaban J connectivity index is 1.52. The number of sulfonamides is 1. The zero-order valence-electron chi connectivity index (χ0n) is 19.0. The van der Waals surface area contributed by atoms with E-state index in [1.54, 1.807) is 16.4 Å². The summed E-state index contributed by atoms with van der Waals surface area (Å²) in [5, 5.41) is 0. The van der Waals surface area contributed by atoms with E-state index < -0.39 is 10.0 Å². The fourth-order valence-corrected chi connectivity index (χ4v) is 7.33. The topological polar surface area (TPSA) is 57.7 Å². The van der Waals surface area contributed by atoms with Crippen LogP contribution in [0.1, 0.15) is 82.6 Å². The first kappa shape index (κ1) is 22.8. The lowest BCUT2D eigenvalue weighted by Crippen LogP contribution is -2.54. The average molecular weight is 447 g/mol. The molecule has 1 unspecified atom stereocenters. The Kier molecular flexibility index (Phi) is 7.37. The molecule has 0 aromatic heterocycles. The summed E-state index contributed by atoms with van der Waals surface area (Å²) in [5.41, 5.74) is 1.04. The number of benzene rings is 1. The van der Waals surface area contributed by atoms with Crippen LogP contribution < -0.4 is 0 Å². The van der Waals surface area contributed by atoms with Crippen LogP contribution in [-0.2, 0) is 14.8 Å². The number of piperidine rings is 1. The summed E-state index contributed by atoms with van der Waals surface area (Å²) in [6.07, 6.45) is 13.4. The highest BCUT2D eigenvalue weighted by Gasteiger charge is 2.39. The number of nitrogens with zero attached hydrogens (tertiary/aromatic N) is 2. The van der Waals surface area contributed by atoms with Gasteiger partial charge in [0.1, 0.15) is 0 Å². The van der Waals surface area contributed by atoms with Crippen LogP contribution in [0.4, 0.5) is 0 Å². The first-order valence-electron chi connectivity index (χ1n) is 12.4. The van der Waals surface area contributed by atoms with E-state index in [4.69, 9.17) is 0 Å². The summed E-state index contributed by atoms with van der Waals surface area (Å²) in [5.74, 6) is 0.0143. The van der Waals surface area contributed by atoms with E-state index in [0.717, 1.165) is 44.1 Å². The van der Waals surface area contributed by atoms with Crippen LogP contribution >= 0.6 is 0 Å². The second-order valence-corrected chi connectivity index (χ2v) is 11.8. The summed E-state index contributed by atoms with van der Waals surface area (Å²) in [6.45, 7) is 2.79. The molecule has 1 heterocycles. The van der Waals surface area contributed by atoms with E-state index in [2.05, 4.69) is 4.90 Å². The molecule has 2 saturated carbocycles. The lowest BCUT2D eigenvalue weighted by atomic mass is 9.86. The fourth-order valence-electron chi connectivity index (χ4n) is 5.81. The van der Waals surface area contributed by atoms with E-state index in [9.17, 15) is 13.2 Å². The molecule has 0 spiro atoms. The number of hydrogen-bond acceptors (Lipinski definition) is 3. The predicted molar refractivity (Wildman–Crippen MR) is 123 cm³/mol.